The highest BCUT2D eigenvalue weighted by Gasteiger charge is 2.07. The van der Waals surface area contributed by atoms with Crippen LogP contribution in [0.1, 0.15) is 24.4 Å². The second kappa shape index (κ2) is 5.31. The van der Waals surface area contributed by atoms with Crippen LogP contribution in [0.15, 0.2) is 17.9 Å². The standard InChI is InChI=1S/C12H18N4S/c1-9(2)6-14-12-13-4-5-16(12)7-11-10(3)15-8-17-11/h4-5,8-9H,6-7H2,1-3H3,(H,13,14). The Labute approximate surface area is 106 Å². The maximum atomic E-state index is 4.33. The Morgan fingerprint density at radius 2 is 2.24 bits per heavy atom. The molecule has 0 atom stereocenters. The van der Waals surface area contributed by atoms with Crippen molar-refractivity contribution < 1.29 is 0 Å². The van der Waals surface area contributed by atoms with Crippen LogP contribution in [0.25, 0.3) is 0 Å². The maximum absolute atomic E-state index is 4.33. The summed E-state index contributed by atoms with van der Waals surface area (Å²) in [5.74, 6) is 1.55. The minimum absolute atomic E-state index is 0.616. The van der Waals surface area contributed by atoms with Crippen molar-refractivity contribution in [2.24, 2.45) is 5.92 Å². The van der Waals surface area contributed by atoms with Gasteiger partial charge in [-0.15, -0.1) is 11.3 Å². The van der Waals surface area contributed by atoms with E-state index in [1.165, 1.54) is 4.88 Å². The lowest BCUT2D eigenvalue weighted by Gasteiger charge is -2.10. The van der Waals surface area contributed by atoms with Crippen molar-refractivity contribution in [3.05, 3.63) is 28.5 Å². The molecule has 2 heterocycles. The van der Waals surface area contributed by atoms with Crippen LogP contribution in [0.3, 0.4) is 0 Å². The summed E-state index contributed by atoms with van der Waals surface area (Å²) in [5, 5.41) is 3.36. The molecule has 4 nitrogen and oxygen atoms in total. The molecule has 0 aromatic carbocycles. The first-order valence-electron chi connectivity index (χ1n) is 5.80. The molecule has 5 heteroatoms. The van der Waals surface area contributed by atoms with E-state index in [1.807, 2.05) is 24.8 Å². The molecule has 0 saturated heterocycles. The van der Waals surface area contributed by atoms with Gasteiger partial charge in [-0.2, -0.15) is 0 Å². The first-order valence-corrected chi connectivity index (χ1v) is 6.68. The van der Waals surface area contributed by atoms with Crippen molar-refractivity contribution in [2.75, 3.05) is 11.9 Å². The van der Waals surface area contributed by atoms with E-state index in [-0.39, 0.29) is 0 Å². The van der Waals surface area contributed by atoms with Crippen LogP contribution in [-0.2, 0) is 6.54 Å². The van der Waals surface area contributed by atoms with Gasteiger partial charge in [-0.25, -0.2) is 9.97 Å². The molecule has 0 amide bonds. The van der Waals surface area contributed by atoms with Gasteiger partial charge >= 0.3 is 0 Å². The second-order valence-corrected chi connectivity index (χ2v) is 5.45. The van der Waals surface area contributed by atoms with E-state index in [1.54, 1.807) is 11.3 Å². The molecule has 0 aliphatic heterocycles. The minimum atomic E-state index is 0.616. The molecule has 0 fully saturated rings. The largest absolute Gasteiger partial charge is 0.355 e. The molecule has 0 radical (unpaired) electrons. The van der Waals surface area contributed by atoms with Crippen LogP contribution in [0.4, 0.5) is 5.95 Å². The van der Waals surface area contributed by atoms with E-state index in [9.17, 15) is 0 Å². The van der Waals surface area contributed by atoms with Crippen molar-refractivity contribution in [1.29, 1.82) is 0 Å². The molecule has 2 aromatic rings. The fourth-order valence-electron chi connectivity index (χ4n) is 1.53. The Morgan fingerprint density at radius 3 is 2.88 bits per heavy atom. The third-order valence-electron chi connectivity index (χ3n) is 2.54. The highest BCUT2D eigenvalue weighted by Crippen LogP contribution is 2.16. The Hall–Kier alpha value is -1.36. The summed E-state index contributed by atoms with van der Waals surface area (Å²) in [7, 11) is 0. The summed E-state index contributed by atoms with van der Waals surface area (Å²) in [5.41, 5.74) is 3.00. The van der Waals surface area contributed by atoms with Gasteiger partial charge in [0.05, 0.1) is 17.7 Å². The number of nitrogens with zero attached hydrogens (tertiary/aromatic N) is 3. The topological polar surface area (TPSA) is 42.7 Å². The first kappa shape index (κ1) is 12.1. The van der Waals surface area contributed by atoms with Crippen LogP contribution >= 0.6 is 11.3 Å². The van der Waals surface area contributed by atoms with E-state index in [0.29, 0.717) is 5.92 Å². The number of aryl methyl sites for hydroxylation is 1. The van der Waals surface area contributed by atoms with E-state index in [4.69, 9.17) is 0 Å². The number of imidazole rings is 1. The highest BCUT2D eigenvalue weighted by molar-refractivity contribution is 7.09. The van der Waals surface area contributed by atoms with E-state index in [2.05, 4.69) is 33.7 Å². The van der Waals surface area contributed by atoms with Crippen LogP contribution in [0.2, 0.25) is 0 Å². The molecule has 0 aliphatic rings. The molecule has 0 unspecified atom stereocenters. The monoisotopic (exact) mass is 250 g/mol. The van der Waals surface area contributed by atoms with Crippen LogP contribution in [-0.4, -0.2) is 21.1 Å². The van der Waals surface area contributed by atoms with Gasteiger partial charge < -0.3 is 9.88 Å². The van der Waals surface area contributed by atoms with Gasteiger partial charge in [0.1, 0.15) is 0 Å². The van der Waals surface area contributed by atoms with Crippen LogP contribution in [0.5, 0.6) is 0 Å². The molecule has 1 N–H and O–H groups in total. The molecule has 92 valence electrons. The number of anilines is 1. The lowest BCUT2D eigenvalue weighted by atomic mass is 10.2. The zero-order valence-corrected chi connectivity index (χ0v) is 11.3. The normalized spacial score (nSPS) is 11.1. The average molecular weight is 250 g/mol. The molecule has 0 saturated carbocycles. The number of aromatic nitrogens is 3. The lowest BCUT2D eigenvalue weighted by Crippen LogP contribution is -2.13. The maximum Gasteiger partial charge on any atom is 0.203 e. The number of hydrogen-bond acceptors (Lipinski definition) is 4. The van der Waals surface area contributed by atoms with Crippen molar-refractivity contribution in [2.45, 2.75) is 27.3 Å². The van der Waals surface area contributed by atoms with Gasteiger partial charge in [-0.1, -0.05) is 13.8 Å². The van der Waals surface area contributed by atoms with E-state index in [0.717, 1.165) is 24.7 Å². The minimum Gasteiger partial charge on any atom is -0.355 e. The summed E-state index contributed by atoms with van der Waals surface area (Å²) in [6.07, 6.45) is 3.83. The molecular weight excluding hydrogens is 232 g/mol. The van der Waals surface area contributed by atoms with Crippen molar-refractivity contribution >= 4 is 17.3 Å². The SMILES string of the molecule is Cc1ncsc1Cn1ccnc1NCC(C)C. The molecular formula is C12H18N4S. The van der Waals surface area contributed by atoms with Gasteiger partial charge in [-0.3, -0.25) is 0 Å². The van der Waals surface area contributed by atoms with E-state index >= 15 is 0 Å². The fraction of sp³-hybridized carbons (Fsp3) is 0.500. The number of nitrogens with one attached hydrogen (secondary N) is 1. The molecule has 0 spiro atoms. The third-order valence-corrected chi connectivity index (χ3v) is 3.46. The number of thiazole rings is 1. The molecule has 0 bridgehead atoms. The Balaban J connectivity index is 2.06. The molecule has 2 rings (SSSR count). The smallest absolute Gasteiger partial charge is 0.203 e. The van der Waals surface area contributed by atoms with E-state index < -0.39 is 0 Å². The summed E-state index contributed by atoms with van der Waals surface area (Å²) in [6, 6.07) is 0. The van der Waals surface area contributed by atoms with Crippen molar-refractivity contribution in [3.8, 4) is 0 Å². The predicted octanol–water partition coefficient (Wildman–Crippen LogP) is 2.76. The van der Waals surface area contributed by atoms with Crippen molar-refractivity contribution in [1.82, 2.24) is 14.5 Å². The quantitative estimate of drug-likeness (QED) is 0.887. The van der Waals surface area contributed by atoms with Gasteiger partial charge in [0.15, 0.2) is 0 Å². The van der Waals surface area contributed by atoms with Crippen LogP contribution in [0, 0.1) is 12.8 Å². The van der Waals surface area contributed by atoms with Crippen LogP contribution < -0.4 is 5.32 Å². The second-order valence-electron chi connectivity index (χ2n) is 4.51. The van der Waals surface area contributed by atoms with Gasteiger partial charge in [-0.05, 0) is 12.8 Å². The Bertz CT molecular complexity index is 472. The fourth-order valence-corrected chi connectivity index (χ4v) is 2.31. The predicted molar refractivity (Wildman–Crippen MR) is 71.5 cm³/mol. The van der Waals surface area contributed by atoms with Gasteiger partial charge in [0, 0.05) is 23.8 Å². The summed E-state index contributed by atoms with van der Waals surface area (Å²) in [4.78, 5) is 9.89. The van der Waals surface area contributed by atoms with Gasteiger partial charge in [0.25, 0.3) is 0 Å². The zero-order valence-electron chi connectivity index (χ0n) is 10.5. The lowest BCUT2D eigenvalue weighted by molar-refractivity contribution is 0.676. The van der Waals surface area contributed by atoms with Gasteiger partial charge in [0.2, 0.25) is 5.95 Å². The summed E-state index contributed by atoms with van der Waals surface area (Å²) < 4.78 is 2.13. The summed E-state index contributed by atoms with van der Waals surface area (Å²) in [6.45, 7) is 8.21. The molecule has 2 aromatic heterocycles. The van der Waals surface area contributed by atoms with Crippen molar-refractivity contribution in [3.63, 3.8) is 0 Å². The third kappa shape index (κ3) is 3.06. The molecule has 17 heavy (non-hydrogen) atoms. The molecule has 0 aliphatic carbocycles. The highest BCUT2D eigenvalue weighted by atomic mass is 32.1. The zero-order chi connectivity index (χ0) is 12.3. The first-order chi connectivity index (χ1) is 8.16. The number of rotatable bonds is 5. The summed E-state index contributed by atoms with van der Waals surface area (Å²) >= 11 is 1.69. The Morgan fingerprint density at radius 1 is 1.41 bits per heavy atom. The number of hydrogen-bond donors (Lipinski definition) is 1. The Kier molecular flexibility index (Phi) is 3.78. The average Bonchev–Trinajstić information content (AvgIpc) is 2.87.